The SMILES string of the molecule is COCCCCOc1cc(CO)ccc1[N+](=O)[O-]. The smallest absolute Gasteiger partial charge is 0.310 e. The predicted octanol–water partition coefficient (Wildman–Crippen LogP) is 1.89. The van der Waals surface area contributed by atoms with Gasteiger partial charge in [-0.05, 0) is 30.5 Å². The molecule has 0 saturated heterocycles. The van der Waals surface area contributed by atoms with Crippen molar-refractivity contribution < 1.29 is 19.5 Å². The Balaban J connectivity index is 2.63. The number of aliphatic hydroxyl groups excluding tert-OH is 1. The van der Waals surface area contributed by atoms with Crippen LogP contribution in [0, 0.1) is 10.1 Å². The summed E-state index contributed by atoms with van der Waals surface area (Å²) in [5.74, 6) is 0.198. The lowest BCUT2D eigenvalue weighted by atomic mass is 10.2. The zero-order chi connectivity index (χ0) is 13.4. The van der Waals surface area contributed by atoms with Crippen molar-refractivity contribution in [3.63, 3.8) is 0 Å². The Morgan fingerprint density at radius 1 is 1.33 bits per heavy atom. The first-order valence-corrected chi connectivity index (χ1v) is 5.69. The highest BCUT2D eigenvalue weighted by molar-refractivity contribution is 5.48. The molecular weight excluding hydrogens is 238 g/mol. The highest BCUT2D eigenvalue weighted by Gasteiger charge is 2.15. The molecule has 0 radical (unpaired) electrons. The molecule has 0 amide bonds. The van der Waals surface area contributed by atoms with Gasteiger partial charge in [0, 0.05) is 19.8 Å². The molecule has 1 rings (SSSR count). The van der Waals surface area contributed by atoms with E-state index in [4.69, 9.17) is 14.6 Å². The van der Waals surface area contributed by atoms with Crippen LogP contribution in [0.5, 0.6) is 5.75 Å². The second-order valence-electron chi connectivity index (χ2n) is 3.77. The van der Waals surface area contributed by atoms with E-state index in [-0.39, 0.29) is 18.0 Å². The molecule has 100 valence electrons. The monoisotopic (exact) mass is 255 g/mol. The number of rotatable bonds is 8. The van der Waals surface area contributed by atoms with Crippen LogP contribution >= 0.6 is 0 Å². The molecule has 0 aliphatic carbocycles. The molecule has 0 aliphatic heterocycles. The maximum absolute atomic E-state index is 10.8. The minimum atomic E-state index is -0.494. The molecule has 0 unspecified atom stereocenters. The zero-order valence-electron chi connectivity index (χ0n) is 10.3. The lowest BCUT2D eigenvalue weighted by Crippen LogP contribution is -2.02. The van der Waals surface area contributed by atoms with Crippen LogP contribution in [0.1, 0.15) is 18.4 Å². The van der Waals surface area contributed by atoms with Crippen molar-refractivity contribution in [2.45, 2.75) is 19.4 Å². The van der Waals surface area contributed by atoms with Gasteiger partial charge < -0.3 is 14.6 Å². The summed E-state index contributed by atoms with van der Waals surface area (Å²) in [5.41, 5.74) is 0.506. The zero-order valence-corrected chi connectivity index (χ0v) is 10.3. The molecular formula is C12H17NO5. The molecule has 0 aromatic heterocycles. The molecule has 1 aromatic rings. The van der Waals surface area contributed by atoms with Crippen LogP contribution in [0.4, 0.5) is 5.69 Å². The standard InChI is InChI=1S/C12H17NO5/c1-17-6-2-3-7-18-12-8-10(9-14)4-5-11(12)13(15)16/h4-5,8,14H,2-3,6-7,9H2,1H3. The molecule has 0 bridgehead atoms. The van der Waals surface area contributed by atoms with Crippen molar-refractivity contribution in [2.75, 3.05) is 20.3 Å². The first kappa shape index (κ1) is 14.4. The van der Waals surface area contributed by atoms with Gasteiger partial charge in [0.2, 0.25) is 0 Å². The van der Waals surface area contributed by atoms with Crippen LogP contribution in [-0.4, -0.2) is 30.4 Å². The van der Waals surface area contributed by atoms with E-state index in [1.54, 1.807) is 7.11 Å². The Morgan fingerprint density at radius 3 is 2.67 bits per heavy atom. The minimum absolute atomic E-state index is 0.0843. The molecule has 1 N–H and O–H groups in total. The Kier molecular flexibility index (Phi) is 6.10. The van der Waals surface area contributed by atoms with Crippen molar-refractivity contribution in [1.82, 2.24) is 0 Å². The Bertz CT molecular complexity index is 394. The fraction of sp³-hybridized carbons (Fsp3) is 0.500. The Morgan fingerprint density at radius 2 is 2.06 bits per heavy atom. The van der Waals surface area contributed by atoms with Gasteiger partial charge >= 0.3 is 5.69 Å². The summed E-state index contributed by atoms with van der Waals surface area (Å²) >= 11 is 0. The lowest BCUT2D eigenvalue weighted by Gasteiger charge is -2.07. The summed E-state index contributed by atoms with van der Waals surface area (Å²) in [4.78, 5) is 10.3. The quantitative estimate of drug-likeness (QED) is 0.436. The average molecular weight is 255 g/mol. The molecule has 6 heteroatoms. The summed E-state index contributed by atoms with van der Waals surface area (Å²) < 4.78 is 10.3. The highest BCUT2D eigenvalue weighted by Crippen LogP contribution is 2.28. The second kappa shape index (κ2) is 7.62. The fourth-order valence-electron chi connectivity index (χ4n) is 1.45. The van der Waals surface area contributed by atoms with Gasteiger partial charge in [-0.3, -0.25) is 10.1 Å². The highest BCUT2D eigenvalue weighted by atomic mass is 16.6. The molecule has 0 saturated carbocycles. The maximum Gasteiger partial charge on any atom is 0.310 e. The van der Waals surface area contributed by atoms with E-state index in [1.807, 2.05) is 0 Å². The van der Waals surface area contributed by atoms with Gasteiger partial charge in [0.05, 0.1) is 18.1 Å². The van der Waals surface area contributed by atoms with Gasteiger partial charge in [-0.2, -0.15) is 0 Å². The predicted molar refractivity (Wildman–Crippen MR) is 65.6 cm³/mol. The molecule has 6 nitrogen and oxygen atoms in total. The number of nitro groups is 1. The Labute approximate surface area is 105 Å². The van der Waals surface area contributed by atoms with E-state index in [0.29, 0.717) is 18.8 Å². The average Bonchev–Trinajstić information content (AvgIpc) is 2.38. The van der Waals surface area contributed by atoms with Gasteiger partial charge in [-0.25, -0.2) is 0 Å². The van der Waals surface area contributed by atoms with Crippen LogP contribution in [0.25, 0.3) is 0 Å². The fourth-order valence-corrected chi connectivity index (χ4v) is 1.45. The summed E-state index contributed by atoms with van der Waals surface area (Å²) in [6, 6.07) is 4.35. The van der Waals surface area contributed by atoms with E-state index >= 15 is 0 Å². The summed E-state index contributed by atoms with van der Waals surface area (Å²) in [7, 11) is 1.62. The molecule has 0 fully saturated rings. The second-order valence-corrected chi connectivity index (χ2v) is 3.77. The van der Waals surface area contributed by atoms with Crippen molar-refractivity contribution in [1.29, 1.82) is 0 Å². The van der Waals surface area contributed by atoms with Gasteiger partial charge in [0.15, 0.2) is 5.75 Å². The third kappa shape index (κ3) is 4.31. The number of hydrogen-bond acceptors (Lipinski definition) is 5. The Hall–Kier alpha value is -1.66. The minimum Gasteiger partial charge on any atom is -0.487 e. The topological polar surface area (TPSA) is 81.8 Å². The van der Waals surface area contributed by atoms with E-state index in [2.05, 4.69) is 0 Å². The van der Waals surface area contributed by atoms with Crippen molar-refractivity contribution in [2.24, 2.45) is 0 Å². The van der Waals surface area contributed by atoms with E-state index in [0.717, 1.165) is 12.8 Å². The molecule has 0 spiro atoms. The van der Waals surface area contributed by atoms with Crippen molar-refractivity contribution in [3.8, 4) is 5.75 Å². The number of methoxy groups -OCH3 is 1. The number of benzene rings is 1. The van der Waals surface area contributed by atoms with E-state index in [1.165, 1.54) is 18.2 Å². The third-order valence-corrected chi connectivity index (χ3v) is 2.40. The lowest BCUT2D eigenvalue weighted by molar-refractivity contribution is -0.385. The number of hydrogen-bond donors (Lipinski definition) is 1. The largest absolute Gasteiger partial charge is 0.487 e. The van der Waals surface area contributed by atoms with Gasteiger partial charge in [0.25, 0.3) is 0 Å². The number of unbranched alkanes of at least 4 members (excludes halogenated alkanes) is 1. The molecule has 1 aromatic carbocycles. The molecule has 0 heterocycles. The van der Waals surface area contributed by atoms with Crippen LogP contribution in [0.3, 0.4) is 0 Å². The third-order valence-electron chi connectivity index (χ3n) is 2.40. The summed E-state index contributed by atoms with van der Waals surface area (Å²) in [6.45, 7) is 0.860. The van der Waals surface area contributed by atoms with Crippen molar-refractivity contribution in [3.05, 3.63) is 33.9 Å². The van der Waals surface area contributed by atoms with Crippen LogP contribution in [-0.2, 0) is 11.3 Å². The normalized spacial score (nSPS) is 10.3. The van der Waals surface area contributed by atoms with E-state index in [9.17, 15) is 10.1 Å². The van der Waals surface area contributed by atoms with Crippen LogP contribution in [0.15, 0.2) is 18.2 Å². The van der Waals surface area contributed by atoms with Gasteiger partial charge in [-0.1, -0.05) is 0 Å². The van der Waals surface area contributed by atoms with Gasteiger partial charge in [0.1, 0.15) is 0 Å². The molecule has 0 aliphatic rings. The molecule has 0 atom stereocenters. The number of aliphatic hydroxyl groups is 1. The van der Waals surface area contributed by atoms with Crippen molar-refractivity contribution >= 4 is 5.69 Å². The summed E-state index contributed by atoms with van der Waals surface area (Å²) in [5, 5.41) is 19.8. The first-order chi connectivity index (χ1) is 8.69. The summed E-state index contributed by atoms with van der Waals surface area (Å²) in [6.07, 6.45) is 1.60. The van der Waals surface area contributed by atoms with Crippen LogP contribution < -0.4 is 4.74 Å². The maximum atomic E-state index is 10.8. The molecule has 18 heavy (non-hydrogen) atoms. The number of nitrogens with zero attached hydrogens (tertiary/aromatic N) is 1. The van der Waals surface area contributed by atoms with Gasteiger partial charge in [-0.15, -0.1) is 0 Å². The number of nitro benzene ring substituents is 1. The first-order valence-electron chi connectivity index (χ1n) is 5.69. The van der Waals surface area contributed by atoms with Crippen LogP contribution in [0.2, 0.25) is 0 Å². The van der Waals surface area contributed by atoms with E-state index < -0.39 is 4.92 Å². The number of ether oxygens (including phenoxy) is 2.